The Morgan fingerprint density at radius 1 is 1.53 bits per heavy atom. The maximum Gasteiger partial charge on any atom is 0.226 e. The van der Waals surface area contributed by atoms with Crippen molar-refractivity contribution in [3.05, 3.63) is 11.7 Å². The summed E-state index contributed by atoms with van der Waals surface area (Å²) in [5.41, 5.74) is 0. The summed E-state index contributed by atoms with van der Waals surface area (Å²) in [5.74, 6) is 2.21. The van der Waals surface area contributed by atoms with Crippen molar-refractivity contribution in [1.29, 1.82) is 0 Å². The molecule has 6 nitrogen and oxygen atoms in total. The summed E-state index contributed by atoms with van der Waals surface area (Å²) in [6, 6.07) is 0. The molecule has 0 saturated carbocycles. The van der Waals surface area contributed by atoms with Gasteiger partial charge in [-0.3, -0.25) is 9.69 Å². The Hall–Kier alpha value is -1.43. The minimum Gasteiger partial charge on any atom is -0.345 e. The van der Waals surface area contributed by atoms with Crippen LogP contribution in [0.3, 0.4) is 0 Å². The molecule has 0 bridgehead atoms. The molecule has 0 radical (unpaired) electrons. The number of carbonyl (C=O) groups excluding carboxylic acids is 1. The number of likely N-dealkylation sites (tertiary alicyclic amines) is 1. The van der Waals surface area contributed by atoms with Crippen LogP contribution in [0.4, 0.5) is 0 Å². The van der Waals surface area contributed by atoms with Gasteiger partial charge in [0.1, 0.15) is 0 Å². The molecule has 1 aromatic heterocycles. The summed E-state index contributed by atoms with van der Waals surface area (Å²) in [6.07, 6.45) is 2.41. The number of rotatable bonds is 5. The van der Waals surface area contributed by atoms with Crippen LogP contribution in [-0.4, -0.2) is 53.0 Å². The third kappa shape index (κ3) is 3.76. The smallest absolute Gasteiger partial charge is 0.226 e. The highest BCUT2D eigenvalue weighted by molar-refractivity contribution is 5.76. The van der Waals surface area contributed by atoms with Crippen LogP contribution in [0, 0.1) is 5.92 Å². The average molecular weight is 266 g/mol. The van der Waals surface area contributed by atoms with E-state index in [1.54, 1.807) is 0 Å². The minimum atomic E-state index is 0.254. The Morgan fingerprint density at radius 2 is 2.32 bits per heavy atom. The van der Waals surface area contributed by atoms with Gasteiger partial charge in [-0.05, 0) is 19.4 Å². The van der Waals surface area contributed by atoms with Crippen LogP contribution in [0.2, 0.25) is 0 Å². The van der Waals surface area contributed by atoms with Gasteiger partial charge in [0.15, 0.2) is 5.82 Å². The van der Waals surface area contributed by atoms with Gasteiger partial charge in [0.2, 0.25) is 11.8 Å². The Bertz CT molecular complexity index is 432. The first kappa shape index (κ1) is 14.0. The number of amides is 1. The maximum atomic E-state index is 11.4. The zero-order valence-corrected chi connectivity index (χ0v) is 11.9. The van der Waals surface area contributed by atoms with Gasteiger partial charge >= 0.3 is 0 Å². The van der Waals surface area contributed by atoms with Crippen molar-refractivity contribution >= 4 is 5.91 Å². The maximum absolute atomic E-state index is 11.4. The van der Waals surface area contributed by atoms with E-state index in [0.717, 1.165) is 31.8 Å². The van der Waals surface area contributed by atoms with Crippen LogP contribution in [0.1, 0.15) is 31.5 Å². The topological polar surface area (TPSA) is 62.5 Å². The first-order chi connectivity index (χ1) is 9.08. The number of aromatic nitrogens is 2. The van der Waals surface area contributed by atoms with Gasteiger partial charge in [-0.1, -0.05) is 12.1 Å². The van der Waals surface area contributed by atoms with Crippen LogP contribution >= 0.6 is 0 Å². The largest absolute Gasteiger partial charge is 0.345 e. The Morgan fingerprint density at radius 3 is 2.95 bits per heavy atom. The number of aryl methyl sites for hydroxylation is 1. The molecule has 1 atom stereocenters. The number of hydrogen-bond acceptors (Lipinski definition) is 5. The molecule has 6 heteroatoms. The van der Waals surface area contributed by atoms with Crippen molar-refractivity contribution < 1.29 is 9.32 Å². The quantitative estimate of drug-likeness (QED) is 0.793. The van der Waals surface area contributed by atoms with E-state index in [0.29, 0.717) is 24.8 Å². The SMILES string of the molecule is CCc1nc(CN(C)CC2CCC(=O)N(C)C2)no1. The lowest BCUT2D eigenvalue weighted by Gasteiger charge is -2.31. The van der Waals surface area contributed by atoms with Gasteiger partial charge < -0.3 is 9.42 Å². The molecule has 0 N–H and O–H groups in total. The fourth-order valence-corrected chi connectivity index (χ4v) is 2.49. The summed E-state index contributed by atoms with van der Waals surface area (Å²) >= 11 is 0. The monoisotopic (exact) mass is 266 g/mol. The summed E-state index contributed by atoms with van der Waals surface area (Å²) in [7, 11) is 3.93. The third-order valence-corrected chi connectivity index (χ3v) is 3.52. The lowest BCUT2D eigenvalue weighted by atomic mass is 9.97. The first-order valence-corrected chi connectivity index (χ1v) is 6.82. The Balaban J connectivity index is 1.80. The van der Waals surface area contributed by atoms with E-state index in [9.17, 15) is 4.79 Å². The molecular formula is C13H22N4O2. The molecule has 1 aliphatic heterocycles. The van der Waals surface area contributed by atoms with Crippen LogP contribution in [0.25, 0.3) is 0 Å². The van der Waals surface area contributed by atoms with E-state index >= 15 is 0 Å². The molecule has 1 unspecified atom stereocenters. The zero-order chi connectivity index (χ0) is 13.8. The van der Waals surface area contributed by atoms with Crippen molar-refractivity contribution in [3.63, 3.8) is 0 Å². The summed E-state index contributed by atoms with van der Waals surface area (Å²) < 4.78 is 5.10. The van der Waals surface area contributed by atoms with Crippen molar-refractivity contribution in [2.24, 2.45) is 5.92 Å². The second-order valence-corrected chi connectivity index (χ2v) is 5.33. The predicted molar refractivity (Wildman–Crippen MR) is 70.4 cm³/mol. The highest BCUT2D eigenvalue weighted by Crippen LogP contribution is 2.17. The van der Waals surface area contributed by atoms with Gasteiger partial charge in [0.05, 0.1) is 6.54 Å². The molecule has 1 aromatic rings. The number of hydrogen-bond donors (Lipinski definition) is 0. The molecule has 1 aliphatic rings. The Kier molecular flexibility index (Phi) is 4.52. The highest BCUT2D eigenvalue weighted by atomic mass is 16.5. The summed E-state index contributed by atoms with van der Waals surface area (Å²) in [4.78, 5) is 19.8. The summed E-state index contributed by atoms with van der Waals surface area (Å²) in [6.45, 7) is 4.48. The molecule has 0 aromatic carbocycles. The second kappa shape index (κ2) is 6.14. The molecular weight excluding hydrogens is 244 g/mol. The van der Waals surface area contributed by atoms with Gasteiger partial charge in [-0.15, -0.1) is 0 Å². The van der Waals surface area contributed by atoms with Gasteiger partial charge in [-0.25, -0.2) is 0 Å². The Labute approximate surface area is 113 Å². The number of piperidine rings is 1. The molecule has 106 valence electrons. The highest BCUT2D eigenvalue weighted by Gasteiger charge is 2.24. The average Bonchev–Trinajstić information content (AvgIpc) is 2.81. The van der Waals surface area contributed by atoms with Crippen molar-refractivity contribution in [1.82, 2.24) is 19.9 Å². The normalized spacial score (nSPS) is 20.3. The molecule has 1 amide bonds. The summed E-state index contributed by atoms with van der Waals surface area (Å²) in [5, 5.41) is 3.95. The van der Waals surface area contributed by atoms with E-state index in [-0.39, 0.29) is 5.91 Å². The zero-order valence-electron chi connectivity index (χ0n) is 11.9. The van der Waals surface area contributed by atoms with E-state index in [2.05, 4.69) is 22.1 Å². The lowest BCUT2D eigenvalue weighted by molar-refractivity contribution is -0.133. The van der Waals surface area contributed by atoms with Gasteiger partial charge in [0, 0.05) is 33.0 Å². The standard InChI is InChI=1S/C13H22N4O2/c1-4-12-14-11(15-19-12)9-16(2)7-10-5-6-13(18)17(3)8-10/h10H,4-9H2,1-3H3. The molecule has 1 fully saturated rings. The van der Waals surface area contributed by atoms with Gasteiger partial charge in [0.25, 0.3) is 0 Å². The third-order valence-electron chi connectivity index (χ3n) is 3.52. The first-order valence-electron chi connectivity index (χ1n) is 6.82. The minimum absolute atomic E-state index is 0.254. The van der Waals surface area contributed by atoms with Crippen molar-refractivity contribution in [2.45, 2.75) is 32.7 Å². The number of nitrogens with zero attached hydrogens (tertiary/aromatic N) is 4. The van der Waals surface area contributed by atoms with Crippen molar-refractivity contribution in [2.75, 3.05) is 27.2 Å². The fraction of sp³-hybridized carbons (Fsp3) is 0.769. The molecule has 19 heavy (non-hydrogen) atoms. The molecule has 0 spiro atoms. The molecule has 2 heterocycles. The predicted octanol–water partition coefficient (Wildman–Crippen LogP) is 0.932. The van der Waals surface area contributed by atoms with E-state index < -0.39 is 0 Å². The van der Waals surface area contributed by atoms with E-state index in [1.165, 1.54) is 0 Å². The van der Waals surface area contributed by atoms with Gasteiger partial charge in [-0.2, -0.15) is 4.98 Å². The lowest BCUT2D eigenvalue weighted by Crippen LogP contribution is -2.41. The van der Waals surface area contributed by atoms with Crippen LogP contribution in [-0.2, 0) is 17.8 Å². The fourth-order valence-electron chi connectivity index (χ4n) is 2.49. The molecule has 2 rings (SSSR count). The molecule has 1 saturated heterocycles. The second-order valence-electron chi connectivity index (χ2n) is 5.33. The number of carbonyl (C=O) groups is 1. The van der Waals surface area contributed by atoms with Crippen LogP contribution in [0.5, 0.6) is 0 Å². The van der Waals surface area contributed by atoms with Crippen molar-refractivity contribution in [3.8, 4) is 0 Å². The van der Waals surface area contributed by atoms with E-state index in [4.69, 9.17) is 4.52 Å². The van der Waals surface area contributed by atoms with Crippen LogP contribution in [0.15, 0.2) is 4.52 Å². The molecule has 0 aliphatic carbocycles. The van der Waals surface area contributed by atoms with E-state index in [1.807, 2.05) is 18.9 Å². The van der Waals surface area contributed by atoms with Crippen LogP contribution < -0.4 is 0 Å².